The number of ether oxygens (including phenoxy) is 2. The number of carbonyl (C=O) groups is 2. The number of hydrogen-bond donors (Lipinski definition) is 3. The summed E-state index contributed by atoms with van der Waals surface area (Å²) in [4.78, 5) is 34.7. The van der Waals surface area contributed by atoms with Crippen molar-refractivity contribution < 1.29 is 42.7 Å². The molecule has 0 heterocycles. The molecule has 0 aromatic carbocycles. The van der Waals surface area contributed by atoms with E-state index in [9.17, 15) is 24.2 Å². The van der Waals surface area contributed by atoms with E-state index in [2.05, 4.69) is 50.3 Å². The van der Waals surface area contributed by atoms with Gasteiger partial charge in [0.2, 0.25) is 0 Å². The van der Waals surface area contributed by atoms with Gasteiger partial charge in [-0.1, -0.05) is 145 Å². The summed E-state index contributed by atoms with van der Waals surface area (Å²) in [7, 11) is -4.43. The normalized spacial score (nSPS) is 14.7. The van der Waals surface area contributed by atoms with Crippen LogP contribution in [0.3, 0.4) is 0 Å². The van der Waals surface area contributed by atoms with Crippen molar-refractivity contribution in [2.24, 2.45) is 5.73 Å². The Morgan fingerprint density at radius 1 is 0.686 bits per heavy atom. The van der Waals surface area contributed by atoms with Crippen LogP contribution < -0.4 is 5.73 Å². The lowest BCUT2D eigenvalue weighted by Crippen LogP contribution is -2.29. The summed E-state index contributed by atoms with van der Waals surface area (Å²) in [6.45, 7) is 3.36. The lowest BCUT2D eigenvalue weighted by Gasteiger charge is -2.20. The molecule has 0 bridgehead atoms. The molecule has 0 aliphatic heterocycles. The summed E-state index contributed by atoms with van der Waals surface area (Å²) in [6.07, 6.45) is 37.1. The third-order valence-electron chi connectivity index (χ3n) is 7.77. The lowest BCUT2D eigenvalue weighted by molar-refractivity contribution is -0.161. The van der Waals surface area contributed by atoms with E-state index >= 15 is 0 Å². The Balaban J connectivity index is 4.45. The van der Waals surface area contributed by atoms with Crippen molar-refractivity contribution in [1.29, 1.82) is 0 Å². The van der Waals surface area contributed by atoms with Crippen LogP contribution in [0, 0.1) is 0 Å². The molecule has 0 fully saturated rings. The summed E-state index contributed by atoms with van der Waals surface area (Å²) in [5, 5.41) is 10.2. The zero-order valence-electron chi connectivity index (χ0n) is 31.7. The molecule has 2 unspecified atom stereocenters. The minimum atomic E-state index is -4.43. The SMILES string of the molecule is CC/C=C\C/C=C\C/C=C\C/C=C\C=C\C(O)CCCC(=O)O[C@H](COC(=O)CCCCCCCCCCCCCC)COP(=O)(O)OCCN. The fourth-order valence-electron chi connectivity index (χ4n) is 4.90. The molecule has 51 heavy (non-hydrogen) atoms. The van der Waals surface area contributed by atoms with Crippen molar-refractivity contribution in [2.75, 3.05) is 26.4 Å². The number of nitrogens with two attached hydrogens (primary N) is 1. The standard InChI is InChI=1S/C40H70NO9P/c1-3-5-7-9-11-13-15-17-18-20-22-24-26-29-37(42)30-28-32-40(44)50-38(36-49-51(45,46)48-34-33-41)35-47-39(43)31-27-25-23-21-19-16-14-12-10-8-6-4-2/h5,7,11,13,17-18,22,24,26,29,37-38,42H,3-4,6,8-10,12,14-16,19-21,23,25,27-28,30-36,41H2,1-2H3,(H,45,46)/b7-5-,13-11-,18-17-,24-22-,29-26+/t37?,38-/m1/s1. The smallest absolute Gasteiger partial charge is 0.462 e. The molecule has 0 aliphatic carbocycles. The molecule has 0 saturated heterocycles. The second-order valence-corrected chi connectivity index (χ2v) is 14.1. The molecule has 0 radical (unpaired) electrons. The number of esters is 2. The minimum Gasteiger partial charge on any atom is -0.462 e. The van der Waals surface area contributed by atoms with Gasteiger partial charge in [0.25, 0.3) is 0 Å². The molecule has 294 valence electrons. The van der Waals surface area contributed by atoms with Crippen LogP contribution >= 0.6 is 7.82 Å². The van der Waals surface area contributed by atoms with E-state index in [4.69, 9.17) is 24.3 Å². The molecule has 0 aliphatic rings. The minimum absolute atomic E-state index is 0.00135. The van der Waals surface area contributed by atoms with Gasteiger partial charge in [-0.3, -0.25) is 18.6 Å². The number of phosphoric ester groups is 1. The first kappa shape index (κ1) is 48.7. The van der Waals surface area contributed by atoms with E-state index in [-0.39, 0.29) is 32.6 Å². The van der Waals surface area contributed by atoms with Crippen molar-refractivity contribution in [1.82, 2.24) is 0 Å². The molecule has 0 rings (SSSR count). The third kappa shape index (κ3) is 35.8. The average Bonchev–Trinajstić information content (AvgIpc) is 3.11. The second kappa shape index (κ2) is 36.0. The van der Waals surface area contributed by atoms with Gasteiger partial charge in [0.15, 0.2) is 6.10 Å². The Morgan fingerprint density at radius 3 is 1.82 bits per heavy atom. The highest BCUT2D eigenvalue weighted by Crippen LogP contribution is 2.43. The highest BCUT2D eigenvalue weighted by molar-refractivity contribution is 7.47. The highest BCUT2D eigenvalue weighted by atomic mass is 31.2. The quantitative estimate of drug-likeness (QED) is 0.0188. The van der Waals surface area contributed by atoms with Crippen LogP contribution in [0.15, 0.2) is 60.8 Å². The maximum atomic E-state index is 12.5. The monoisotopic (exact) mass is 739 g/mol. The molecular formula is C40H70NO9P. The van der Waals surface area contributed by atoms with E-state index in [0.717, 1.165) is 44.9 Å². The molecule has 11 heteroatoms. The van der Waals surface area contributed by atoms with Gasteiger partial charge in [0.1, 0.15) is 6.61 Å². The van der Waals surface area contributed by atoms with Crippen molar-refractivity contribution >= 4 is 19.8 Å². The number of carbonyl (C=O) groups excluding carboxylic acids is 2. The average molecular weight is 740 g/mol. The molecule has 10 nitrogen and oxygen atoms in total. The van der Waals surface area contributed by atoms with E-state index < -0.39 is 38.6 Å². The number of hydrogen-bond acceptors (Lipinski definition) is 9. The van der Waals surface area contributed by atoms with Crippen LogP contribution in [0.1, 0.15) is 142 Å². The van der Waals surface area contributed by atoms with E-state index in [1.54, 1.807) is 12.2 Å². The molecule has 3 atom stereocenters. The third-order valence-corrected chi connectivity index (χ3v) is 8.76. The first-order valence-corrected chi connectivity index (χ1v) is 20.9. The van der Waals surface area contributed by atoms with Gasteiger partial charge in [-0.25, -0.2) is 4.57 Å². The number of aliphatic hydroxyl groups is 1. The summed E-state index contributed by atoms with van der Waals surface area (Å²) in [5.74, 6) is -1.04. The largest absolute Gasteiger partial charge is 0.472 e. The Labute approximate surface area is 309 Å². The van der Waals surface area contributed by atoms with Crippen LogP contribution in [-0.2, 0) is 32.7 Å². The van der Waals surface area contributed by atoms with Crippen molar-refractivity contribution in [3.63, 3.8) is 0 Å². The summed E-state index contributed by atoms with van der Waals surface area (Å²) < 4.78 is 32.5. The topological polar surface area (TPSA) is 155 Å². The summed E-state index contributed by atoms with van der Waals surface area (Å²) in [6, 6.07) is 0. The van der Waals surface area contributed by atoms with Gasteiger partial charge in [0.05, 0.1) is 19.3 Å². The van der Waals surface area contributed by atoms with Gasteiger partial charge in [-0.15, -0.1) is 0 Å². The molecule has 0 saturated carbocycles. The van der Waals surface area contributed by atoms with Crippen molar-refractivity contribution in [3.05, 3.63) is 60.8 Å². The zero-order valence-corrected chi connectivity index (χ0v) is 32.6. The number of rotatable bonds is 35. The Morgan fingerprint density at radius 2 is 1.24 bits per heavy atom. The van der Waals surface area contributed by atoms with Gasteiger partial charge in [0, 0.05) is 19.4 Å². The van der Waals surface area contributed by atoms with Gasteiger partial charge in [-0.2, -0.15) is 0 Å². The van der Waals surface area contributed by atoms with Crippen LogP contribution in [0.4, 0.5) is 0 Å². The number of allylic oxidation sites excluding steroid dienone is 9. The first-order valence-electron chi connectivity index (χ1n) is 19.4. The van der Waals surface area contributed by atoms with Crippen LogP contribution in [0.5, 0.6) is 0 Å². The Kier molecular flexibility index (Phi) is 34.4. The zero-order chi connectivity index (χ0) is 37.7. The fourth-order valence-corrected chi connectivity index (χ4v) is 5.66. The number of phosphoric acid groups is 1. The molecule has 4 N–H and O–H groups in total. The van der Waals surface area contributed by atoms with Crippen LogP contribution in [0.25, 0.3) is 0 Å². The number of aliphatic hydroxyl groups excluding tert-OH is 1. The highest BCUT2D eigenvalue weighted by Gasteiger charge is 2.26. The summed E-state index contributed by atoms with van der Waals surface area (Å²) in [5.41, 5.74) is 5.32. The number of unbranched alkanes of at least 4 members (excludes halogenated alkanes) is 11. The maximum absolute atomic E-state index is 12.5. The van der Waals surface area contributed by atoms with E-state index in [1.165, 1.54) is 51.4 Å². The van der Waals surface area contributed by atoms with Crippen molar-refractivity contribution in [3.8, 4) is 0 Å². The Hall–Kier alpha value is -2.33. The van der Waals surface area contributed by atoms with E-state index in [0.29, 0.717) is 19.3 Å². The van der Waals surface area contributed by atoms with E-state index in [1.807, 2.05) is 12.2 Å². The Bertz CT molecular complexity index is 1040. The lowest BCUT2D eigenvalue weighted by atomic mass is 10.0. The predicted molar refractivity (Wildman–Crippen MR) is 207 cm³/mol. The molecule has 0 spiro atoms. The molecule has 0 aromatic rings. The summed E-state index contributed by atoms with van der Waals surface area (Å²) >= 11 is 0. The molecule has 0 amide bonds. The van der Waals surface area contributed by atoms with Crippen molar-refractivity contribution in [2.45, 2.75) is 154 Å². The molecule has 0 aromatic heterocycles. The van der Waals surface area contributed by atoms with Gasteiger partial charge >= 0.3 is 19.8 Å². The fraction of sp³-hybridized carbons (Fsp3) is 0.700. The second-order valence-electron chi connectivity index (χ2n) is 12.6. The molecular weight excluding hydrogens is 669 g/mol. The first-order chi connectivity index (χ1) is 24.7. The predicted octanol–water partition coefficient (Wildman–Crippen LogP) is 9.52. The maximum Gasteiger partial charge on any atom is 0.472 e. The van der Waals surface area contributed by atoms with Gasteiger partial charge in [-0.05, 0) is 44.9 Å². The van der Waals surface area contributed by atoms with Gasteiger partial charge < -0.3 is 25.2 Å². The van der Waals surface area contributed by atoms with Crippen LogP contribution in [0.2, 0.25) is 0 Å². The van der Waals surface area contributed by atoms with Crippen LogP contribution in [-0.4, -0.2) is 60.5 Å².